The monoisotopic (exact) mass is 333 g/mol. The van der Waals surface area contributed by atoms with Crippen molar-refractivity contribution in [2.24, 2.45) is 0 Å². The lowest BCUT2D eigenvalue weighted by atomic mass is 10.2. The molecule has 20 heavy (non-hydrogen) atoms. The van der Waals surface area contributed by atoms with Crippen molar-refractivity contribution in [1.29, 1.82) is 0 Å². The van der Waals surface area contributed by atoms with E-state index < -0.39 is 0 Å². The Morgan fingerprint density at radius 2 is 1.95 bits per heavy atom. The standard InChI is InChI=1S/C15H12BrNO3/c1-19-12-5-3-11(4-6-12)17-13-8-10(16)2-7-14(13)20-9-15(17)18/h2-8H,9H2,1H3. The van der Waals surface area contributed by atoms with Gasteiger partial charge in [0.1, 0.15) is 11.5 Å². The summed E-state index contributed by atoms with van der Waals surface area (Å²) < 4.78 is 11.5. The fourth-order valence-electron chi connectivity index (χ4n) is 2.14. The maximum absolute atomic E-state index is 12.2. The summed E-state index contributed by atoms with van der Waals surface area (Å²) in [6, 6.07) is 13.0. The summed E-state index contributed by atoms with van der Waals surface area (Å²) in [5.74, 6) is 1.35. The quantitative estimate of drug-likeness (QED) is 0.844. The number of carbonyl (C=O) groups excluding carboxylic acids is 1. The van der Waals surface area contributed by atoms with Gasteiger partial charge in [-0.2, -0.15) is 0 Å². The van der Waals surface area contributed by atoms with Crippen molar-refractivity contribution < 1.29 is 14.3 Å². The molecule has 4 nitrogen and oxygen atoms in total. The molecule has 0 fully saturated rings. The van der Waals surface area contributed by atoms with Crippen molar-refractivity contribution in [1.82, 2.24) is 0 Å². The van der Waals surface area contributed by atoms with Crippen LogP contribution < -0.4 is 14.4 Å². The minimum atomic E-state index is -0.0965. The molecule has 0 bridgehead atoms. The Balaban J connectivity index is 2.07. The first-order valence-electron chi connectivity index (χ1n) is 6.08. The molecule has 0 N–H and O–H groups in total. The van der Waals surface area contributed by atoms with Gasteiger partial charge in [-0.3, -0.25) is 9.69 Å². The minimum absolute atomic E-state index is 0.0423. The van der Waals surface area contributed by atoms with E-state index in [4.69, 9.17) is 9.47 Å². The Hall–Kier alpha value is -2.01. The lowest BCUT2D eigenvalue weighted by Crippen LogP contribution is -2.35. The van der Waals surface area contributed by atoms with E-state index in [0.717, 1.165) is 21.6 Å². The van der Waals surface area contributed by atoms with Gasteiger partial charge in [-0.25, -0.2) is 0 Å². The summed E-state index contributed by atoms with van der Waals surface area (Å²) >= 11 is 3.42. The summed E-state index contributed by atoms with van der Waals surface area (Å²) in [4.78, 5) is 13.8. The second kappa shape index (κ2) is 5.17. The van der Waals surface area contributed by atoms with Crippen molar-refractivity contribution in [3.05, 3.63) is 46.9 Å². The predicted octanol–water partition coefficient (Wildman–Crippen LogP) is 3.51. The van der Waals surface area contributed by atoms with Crippen molar-refractivity contribution in [2.45, 2.75) is 0 Å². The van der Waals surface area contributed by atoms with Gasteiger partial charge in [0, 0.05) is 10.2 Å². The molecule has 0 spiro atoms. The number of fused-ring (bicyclic) bond motifs is 1. The van der Waals surface area contributed by atoms with Crippen LogP contribution in [0.25, 0.3) is 0 Å². The van der Waals surface area contributed by atoms with Crippen LogP contribution in [0, 0.1) is 0 Å². The number of rotatable bonds is 2. The molecule has 1 aliphatic rings. The Kier molecular flexibility index (Phi) is 3.36. The second-order valence-electron chi connectivity index (χ2n) is 4.33. The van der Waals surface area contributed by atoms with Gasteiger partial charge < -0.3 is 9.47 Å². The third-order valence-electron chi connectivity index (χ3n) is 3.09. The predicted molar refractivity (Wildman–Crippen MR) is 79.8 cm³/mol. The molecule has 0 saturated carbocycles. The SMILES string of the molecule is COc1ccc(N2C(=O)COc3ccc(Br)cc32)cc1. The highest BCUT2D eigenvalue weighted by molar-refractivity contribution is 9.10. The van der Waals surface area contributed by atoms with Crippen molar-refractivity contribution in [3.8, 4) is 11.5 Å². The van der Waals surface area contributed by atoms with E-state index in [9.17, 15) is 4.79 Å². The first kappa shape index (κ1) is 13.0. The largest absolute Gasteiger partial charge is 0.497 e. The summed E-state index contributed by atoms with van der Waals surface area (Å²) in [6.07, 6.45) is 0. The lowest BCUT2D eigenvalue weighted by Gasteiger charge is -2.29. The van der Waals surface area contributed by atoms with E-state index in [0.29, 0.717) is 5.75 Å². The molecule has 0 aromatic heterocycles. The van der Waals surface area contributed by atoms with Crippen molar-refractivity contribution in [2.75, 3.05) is 18.6 Å². The van der Waals surface area contributed by atoms with Crippen LogP contribution in [0.15, 0.2) is 46.9 Å². The van der Waals surface area contributed by atoms with Gasteiger partial charge in [-0.15, -0.1) is 0 Å². The minimum Gasteiger partial charge on any atom is -0.497 e. The molecular formula is C15H12BrNO3. The Morgan fingerprint density at radius 1 is 1.20 bits per heavy atom. The van der Waals surface area contributed by atoms with E-state index in [-0.39, 0.29) is 12.5 Å². The summed E-state index contributed by atoms with van der Waals surface area (Å²) in [5, 5.41) is 0. The van der Waals surface area contributed by atoms with E-state index in [1.807, 2.05) is 42.5 Å². The normalized spacial score (nSPS) is 13.7. The van der Waals surface area contributed by atoms with Gasteiger partial charge in [-0.1, -0.05) is 15.9 Å². The van der Waals surface area contributed by atoms with Gasteiger partial charge in [0.2, 0.25) is 0 Å². The van der Waals surface area contributed by atoms with E-state index in [2.05, 4.69) is 15.9 Å². The van der Waals surface area contributed by atoms with Crippen LogP contribution in [0.1, 0.15) is 0 Å². The molecule has 1 aliphatic heterocycles. The van der Waals surface area contributed by atoms with Crippen LogP contribution in [-0.2, 0) is 4.79 Å². The highest BCUT2D eigenvalue weighted by atomic mass is 79.9. The number of hydrogen-bond donors (Lipinski definition) is 0. The number of nitrogens with zero attached hydrogens (tertiary/aromatic N) is 1. The smallest absolute Gasteiger partial charge is 0.269 e. The average molecular weight is 334 g/mol. The van der Waals surface area contributed by atoms with Crippen LogP contribution in [0.2, 0.25) is 0 Å². The van der Waals surface area contributed by atoms with Gasteiger partial charge in [-0.05, 0) is 42.5 Å². The lowest BCUT2D eigenvalue weighted by molar-refractivity contribution is -0.120. The van der Waals surface area contributed by atoms with Gasteiger partial charge >= 0.3 is 0 Å². The van der Waals surface area contributed by atoms with E-state index >= 15 is 0 Å². The molecule has 0 saturated heterocycles. The van der Waals surface area contributed by atoms with E-state index in [1.165, 1.54) is 0 Å². The molecule has 0 radical (unpaired) electrons. The van der Waals surface area contributed by atoms with Crippen LogP contribution >= 0.6 is 15.9 Å². The zero-order valence-corrected chi connectivity index (χ0v) is 12.4. The molecular weight excluding hydrogens is 322 g/mol. The maximum Gasteiger partial charge on any atom is 0.269 e. The van der Waals surface area contributed by atoms with Gasteiger partial charge in [0.25, 0.3) is 5.91 Å². The number of anilines is 2. The number of halogens is 1. The highest BCUT2D eigenvalue weighted by Crippen LogP contribution is 2.39. The number of methoxy groups -OCH3 is 1. The first-order valence-corrected chi connectivity index (χ1v) is 6.88. The highest BCUT2D eigenvalue weighted by Gasteiger charge is 2.27. The molecule has 3 rings (SSSR count). The molecule has 2 aromatic carbocycles. The van der Waals surface area contributed by atoms with Crippen LogP contribution in [0.5, 0.6) is 11.5 Å². The average Bonchev–Trinajstić information content (AvgIpc) is 2.47. The van der Waals surface area contributed by atoms with E-state index in [1.54, 1.807) is 12.0 Å². The van der Waals surface area contributed by atoms with Crippen LogP contribution in [0.3, 0.4) is 0 Å². The molecule has 102 valence electrons. The number of amides is 1. The third kappa shape index (κ3) is 2.25. The fraction of sp³-hybridized carbons (Fsp3) is 0.133. The molecule has 0 unspecified atom stereocenters. The molecule has 1 amide bonds. The fourth-order valence-corrected chi connectivity index (χ4v) is 2.49. The molecule has 0 aliphatic carbocycles. The topological polar surface area (TPSA) is 38.8 Å². The van der Waals surface area contributed by atoms with Gasteiger partial charge in [0.15, 0.2) is 6.61 Å². The van der Waals surface area contributed by atoms with Gasteiger partial charge in [0.05, 0.1) is 12.8 Å². The Bertz CT molecular complexity index is 655. The Labute approximate surface area is 125 Å². The molecule has 1 heterocycles. The molecule has 5 heteroatoms. The second-order valence-corrected chi connectivity index (χ2v) is 5.24. The number of ether oxygens (including phenoxy) is 2. The number of hydrogen-bond acceptors (Lipinski definition) is 3. The number of benzene rings is 2. The first-order chi connectivity index (χ1) is 9.69. The van der Waals surface area contributed by atoms with Crippen molar-refractivity contribution in [3.63, 3.8) is 0 Å². The van der Waals surface area contributed by atoms with Crippen LogP contribution in [-0.4, -0.2) is 19.6 Å². The van der Waals surface area contributed by atoms with Crippen LogP contribution in [0.4, 0.5) is 11.4 Å². The number of carbonyl (C=O) groups is 1. The Morgan fingerprint density at radius 3 is 2.65 bits per heavy atom. The summed E-state index contributed by atoms with van der Waals surface area (Å²) in [7, 11) is 1.61. The summed E-state index contributed by atoms with van der Waals surface area (Å²) in [6.45, 7) is 0.0423. The van der Waals surface area contributed by atoms with Crippen molar-refractivity contribution >= 4 is 33.2 Å². The summed E-state index contributed by atoms with van der Waals surface area (Å²) in [5.41, 5.74) is 1.53. The zero-order valence-electron chi connectivity index (χ0n) is 10.8. The molecule has 2 aromatic rings. The maximum atomic E-state index is 12.2. The molecule has 0 atom stereocenters. The third-order valence-corrected chi connectivity index (χ3v) is 3.59. The zero-order chi connectivity index (χ0) is 14.1.